The van der Waals surface area contributed by atoms with Crippen LogP contribution in [0.4, 0.5) is 4.39 Å². The third-order valence-corrected chi connectivity index (χ3v) is 6.11. The van der Waals surface area contributed by atoms with Crippen LogP contribution in [0.5, 0.6) is 0 Å². The van der Waals surface area contributed by atoms with Crippen molar-refractivity contribution in [3.63, 3.8) is 0 Å². The molecule has 0 saturated carbocycles. The van der Waals surface area contributed by atoms with Gasteiger partial charge in [-0.05, 0) is 43.0 Å². The number of carbonyl (C=O) groups excluding carboxylic acids is 2. The van der Waals surface area contributed by atoms with Crippen LogP contribution in [-0.2, 0) is 11.3 Å². The van der Waals surface area contributed by atoms with Crippen molar-refractivity contribution in [2.24, 2.45) is 5.92 Å². The van der Waals surface area contributed by atoms with E-state index >= 15 is 0 Å². The Balaban J connectivity index is 1.33. The highest BCUT2D eigenvalue weighted by Crippen LogP contribution is 2.29. The number of piperidine rings is 1. The Hall–Kier alpha value is -2.86. The van der Waals surface area contributed by atoms with Gasteiger partial charge in [0.05, 0.1) is 5.02 Å². The van der Waals surface area contributed by atoms with E-state index in [2.05, 4.69) is 10.3 Å². The zero-order chi connectivity index (χ0) is 21.3. The van der Waals surface area contributed by atoms with Crippen LogP contribution in [0, 0.1) is 18.7 Å². The second kappa shape index (κ2) is 8.48. The monoisotopic (exact) mass is 427 g/mol. The highest BCUT2D eigenvalue weighted by molar-refractivity contribution is 6.38. The van der Waals surface area contributed by atoms with E-state index in [4.69, 9.17) is 11.6 Å². The Morgan fingerprint density at radius 3 is 2.63 bits per heavy atom. The van der Waals surface area contributed by atoms with E-state index < -0.39 is 0 Å². The van der Waals surface area contributed by atoms with Crippen molar-refractivity contribution in [1.82, 2.24) is 15.2 Å². The molecule has 0 atom stereocenters. The fourth-order valence-electron chi connectivity index (χ4n) is 3.84. The van der Waals surface area contributed by atoms with Crippen LogP contribution in [-0.4, -0.2) is 34.8 Å². The van der Waals surface area contributed by atoms with E-state index in [1.165, 1.54) is 6.07 Å². The van der Waals surface area contributed by atoms with Gasteiger partial charge in [0.2, 0.25) is 5.91 Å². The number of aryl methyl sites for hydroxylation is 1. The summed E-state index contributed by atoms with van der Waals surface area (Å²) < 4.78 is 13.7. The molecule has 1 saturated heterocycles. The van der Waals surface area contributed by atoms with Gasteiger partial charge in [-0.25, -0.2) is 4.39 Å². The van der Waals surface area contributed by atoms with Gasteiger partial charge in [-0.15, -0.1) is 0 Å². The Morgan fingerprint density at radius 1 is 1.20 bits per heavy atom. The molecule has 2 heterocycles. The van der Waals surface area contributed by atoms with E-state index in [-0.39, 0.29) is 23.5 Å². The van der Waals surface area contributed by atoms with Gasteiger partial charge in [0, 0.05) is 36.5 Å². The number of carbonyl (C=O) groups is 2. The van der Waals surface area contributed by atoms with Crippen LogP contribution in [0.1, 0.15) is 34.5 Å². The fourth-order valence-corrected chi connectivity index (χ4v) is 4.13. The molecule has 4 rings (SSSR count). The number of H-pyrrole nitrogens is 1. The average molecular weight is 428 g/mol. The van der Waals surface area contributed by atoms with Crippen LogP contribution in [0.2, 0.25) is 5.02 Å². The van der Waals surface area contributed by atoms with E-state index in [0.29, 0.717) is 48.8 Å². The molecule has 7 heteroatoms. The number of fused-ring (bicyclic) bond motifs is 1. The van der Waals surface area contributed by atoms with Crippen LogP contribution in [0.25, 0.3) is 10.9 Å². The molecule has 1 fully saturated rings. The lowest BCUT2D eigenvalue weighted by Crippen LogP contribution is -2.43. The quantitative estimate of drug-likeness (QED) is 0.646. The molecule has 2 aromatic carbocycles. The Kier molecular flexibility index (Phi) is 5.77. The van der Waals surface area contributed by atoms with Crippen LogP contribution < -0.4 is 5.32 Å². The van der Waals surface area contributed by atoms with E-state index in [1.807, 2.05) is 30.3 Å². The van der Waals surface area contributed by atoms with Crippen molar-refractivity contribution in [3.05, 3.63) is 70.1 Å². The zero-order valence-electron chi connectivity index (χ0n) is 16.7. The largest absolute Gasteiger partial charge is 0.352 e. The molecule has 156 valence electrons. The molecule has 0 spiro atoms. The molecule has 0 unspecified atom stereocenters. The molecule has 0 aliphatic carbocycles. The summed E-state index contributed by atoms with van der Waals surface area (Å²) in [7, 11) is 0. The number of rotatable bonds is 4. The normalized spacial score (nSPS) is 14.8. The van der Waals surface area contributed by atoms with Crippen LogP contribution in [0.15, 0.2) is 42.5 Å². The van der Waals surface area contributed by atoms with Crippen molar-refractivity contribution in [2.75, 3.05) is 13.1 Å². The predicted molar refractivity (Wildman–Crippen MR) is 115 cm³/mol. The minimum absolute atomic E-state index is 0.0632. The first-order chi connectivity index (χ1) is 14.4. The predicted octanol–water partition coefficient (Wildman–Crippen LogP) is 4.44. The minimum atomic E-state index is -0.274. The van der Waals surface area contributed by atoms with Gasteiger partial charge in [-0.1, -0.05) is 41.9 Å². The Bertz CT molecular complexity index is 1100. The summed E-state index contributed by atoms with van der Waals surface area (Å²) in [5, 5.41) is 4.14. The smallest absolute Gasteiger partial charge is 0.271 e. The Labute approximate surface area is 179 Å². The van der Waals surface area contributed by atoms with Crippen molar-refractivity contribution in [1.29, 1.82) is 0 Å². The number of hydrogen-bond acceptors (Lipinski definition) is 2. The second-order valence-corrected chi connectivity index (χ2v) is 8.11. The number of halogens is 2. The van der Waals surface area contributed by atoms with Gasteiger partial charge >= 0.3 is 0 Å². The number of para-hydroxylation sites is 1. The lowest BCUT2D eigenvalue weighted by atomic mass is 9.95. The molecule has 1 aliphatic rings. The number of benzene rings is 2. The third-order valence-electron chi connectivity index (χ3n) is 5.71. The molecule has 3 aromatic rings. The number of amides is 2. The van der Waals surface area contributed by atoms with E-state index in [9.17, 15) is 14.0 Å². The standard InChI is InChI=1S/C23H23ClFN3O2/c1-14-6-7-15(12-18(14)25)13-26-22(29)16-8-10-28(11-9-16)23(30)21-20(24)17-4-2-3-5-19(17)27-21/h2-7,12,16,27H,8-11,13H2,1H3,(H,26,29). The molecular formula is C23H23ClFN3O2. The highest BCUT2D eigenvalue weighted by Gasteiger charge is 2.29. The first-order valence-electron chi connectivity index (χ1n) is 10.0. The summed E-state index contributed by atoms with van der Waals surface area (Å²) in [6, 6.07) is 12.5. The van der Waals surface area contributed by atoms with Gasteiger partial charge in [-0.2, -0.15) is 0 Å². The number of nitrogens with zero attached hydrogens (tertiary/aromatic N) is 1. The summed E-state index contributed by atoms with van der Waals surface area (Å²) in [5.74, 6) is -0.649. The maximum Gasteiger partial charge on any atom is 0.271 e. The molecule has 1 aromatic heterocycles. The maximum atomic E-state index is 13.7. The van der Waals surface area contributed by atoms with E-state index in [0.717, 1.165) is 16.5 Å². The number of nitrogens with one attached hydrogen (secondary N) is 2. The van der Waals surface area contributed by atoms with Gasteiger partial charge in [0.15, 0.2) is 0 Å². The highest BCUT2D eigenvalue weighted by atomic mass is 35.5. The second-order valence-electron chi connectivity index (χ2n) is 7.73. The SMILES string of the molecule is Cc1ccc(CNC(=O)C2CCN(C(=O)c3[nH]c4ccccc4c3Cl)CC2)cc1F. The van der Waals surface area contributed by atoms with Crippen molar-refractivity contribution >= 4 is 34.3 Å². The third kappa shape index (κ3) is 4.05. The molecule has 0 bridgehead atoms. The number of aromatic nitrogens is 1. The maximum absolute atomic E-state index is 13.7. The number of hydrogen-bond donors (Lipinski definition) is 2. The number of likely N-dealkylation sites (tertiary alicyclic amines) is 1. The first kappa shape index (κ1) is 20.4. The van der Waals surface area contributed by atoms with Crippen LogP contribution >= 0.6 is 11.6 Å². The summed E-state index contributed by atoms with van der Waals surface area (Å²) in [6.07, 6.45) is 1.16. The fraction of sp³-hybridized carbons (Fsp3) is 0.304. The molecule has 2 amide bonds. The van der Waals surface area contributed by atoms with Gasteiger partial charge in [-0.3, -0.25) is 9.59 Å². The topological polar surface area (TPSA) is 65.2 Å². The molecule has 0 radical (unpaired) electrons. The summed E-state index contributed by atoms with van der Waals surface area (Å²) >= 11 is 6.40. The van der Waals surface area contributed by atoms with Crippen LogP contribution in [0.3, 0.4) is 0 Å². The van der Waals surface area contributed by atoms with Gasteiger partial charge in [0.25, 0.3) is 5.91 Å². The van der Waals surface area contributed by atoms with E-state index in [1.54, 1.807) is 17.9 Å². The van der Waals surface area contributed by atoms with Gasteiger partial charge in [0.1, 0.15) is 11.5 Å². The zero-order valence-corrected chi connectivity index (χ0v) is 17.4. The molecule has 30 heavy (non-hydrogen) atoms. The first-order valence-corrected chi connectivity index (χ1v) is 10.4. The van der Waals surface area contributed by atoms with Gasteiger partial charge < -0.3 is 15.2 Å². The summed E-state index contributed by atoms with van der Waals surface area (Å²) in [5.41, 5.74) is 2.53. The molecular weight excluding hydrogens is 405 g/mol. The van der Waals surface area contributed by atoms with Crippen molar-refractivity contribution < 1.29 is 14.0 Å². The van der Waals surface area contributed by atoms with Crippen molar-refractivity contribution in [3.8, 4) is 0 Å². The lowest BCUT2D eigenvalue weighted by Gasteiger charge is -2.31. The Morgan fingerprint density at radius 2 is 1.93 bits per heavy atom. The minimum Gasteiger partial charge on any atom is -0.352 e. The molecule has 1 aliphatic heterocycles. The number of aromatic amines is 1. The average Bonchev–Trinajstić information content (AvgIpc) is 3.10. The molecule has 5 nitrogen and oxygen atoms in total. The van der Waals surface area contributed by atoms with Crippen molar-refractivity contribution in [2.45, 2.75) is 26.3 Å². The molecule has 2 N–H and O–H groups in total. The lowest BCUT2D eigenvalue weighted by molar-refractivity contribution is -0.126. The summed E-state index contributed by atoms with van der Waals surface area (Å²) in [6.45, 7) is 2.97. The summed E-state index contributed by atoms with van der Waals surface area (Å²) in [4.78, 5) is 30.3.